The van der Waals surface area contributed by atoms with Gasteiger partial charge in [0.05, 0.1) is 6.54 Å². The first-order chi connectivity index (χ1) is 16.9. The van der Waals surface area contributed by atoms with Gasteiger partial charge in [0, 0.05) is 27.5 Å². The van der Waals surface area contributed by atoms with Crippen molar-refractivity contribution in [3.8, 4) is 0 Å². The number of hydrogen-bond donors (Lipinski definition) is 3. The molecule has 0 saturated carbocycles. The second-order valence-electron chi connectivity index (χ2n) is 8.00. The summed E-state index contributed by atoms with van der Waals surface area (Å²) in [7, 11) is 0. The molecule has 7 heteroatoms. The van der Waals surface area contributed by atoms with E-state index in [2.05, 4.69) is 17.9 Å². The van der Waals surface area contributed by atoms with Crippen LogP contribution in [0.3, 0.4) is 0 Å². The molecule has 0 heterocycles. The van der Waals surface area contributed by atoms with E-state index in [-0.39, 0.29) is 12.3 Å². The van der Waals surface area contributed by atoms with Crippen LogP contribution in [-0.4, -0.2) is 30.2 Å². The minimum Gasteiger partial charge on any atom is -0.443 e. The number of allylic oxidation sites excluding steroid dienone is 2. The molecule has 182 valence electrons. The summed E-state index contributed by atoms with van der Waals surface area (Å²) in [5, 5.41) is 3.02. The zero-order chi connectivity index (χ0) is 25.4. The van der Waals surface area contributed by atoms with Crippen LogP contribution in [0, 0.1) is 0 Å². The average Bonchev–Trinajstić information content (AvgIpc) is 2.90. The number of nitrogens with one attached hydrogen (secondary N) is 1. The third kappa shape index (κ3) is 5.78. The summed E-state index contributed by atoms with van der Waals surface area (Å²) < 4.78 is 6.36. The highest BCUT2D eigenvalue weighted by atomic mass is 35.5. The van der Waals surface area contributed by atoms with Gasteiger partial charge in [-0.3, -0.25) is 4.79 Å². The Kier molecular flexibility index (Phi) is 9.15. The van der Waals surface area contributed by atoms with Crippen molar-refractivity contribution in [1.82, 2.24) is 5.32 Å². The van der Waals surface area contributed by atoms with E-state index in [0.29, 0.717) is 21.7 Å². The summed E-state index contributed by atoms with van der Waals surface area (Å²) in [6, 6.07) is 23.5. The third-order valence-electron chi connectivity index (χ3n) is 5.85. The van der Waals surface area contributed by atoms with Gasteiger partial charge in [-0.2, -0.15) is 12.6 Å². The molecule has 2 atom stereocenters. The molecule has 0 fully saturated rings. The van der Waals surface area contributed by atoms with Crippen LogP contribution in [0.1, 0.15) is 36.1 Å². The van der Waals surface area contributed by atoms with Gasteiger partial charge in [-0.1, -0.05) is 90.5 Å². The molecule has 0 saturated heterocycles. The zero-order valence-corrected chi connectivity index (χ0v) is 21.4. The van der Waals surface area contributed by atoms with Gasteiger partial charge in [0.2, 0.25) is 5.91 Å². The lowest BCUT2D eigenvalue weighted by Gasteiger charge is -2.37. The molecule has 3 rings (SSSR count). The van der Waals surface area contributed by atoms with Gasteiger partial charge in [-0.05, 0) is 31.1 Å². The minimum absolute atomic E-state index is 0.0391. The van der Waals surface area contributed by atoms with Crippen LogP contribution in [0.25, 0.3) is 5.57 Å². The maximum Gasteiger partial charge on any atom is 0.331 e. The van der Waals surface area contributed by atoms with Crippen LogP contribution in [-0.2, 0) is 19.9 Å². The fraction of sp³-hybridized carbons (Fsp3) is 0.214. The summed E-state index contributed by atoms with van der Waals surface area (Å²) >= 11 is 11.0. The highest BCUT2D eigenvalue weighted by Crippen LogP contribution is 2.44. The van der Waals surface area contributed by atoms with Gasteiger partial charge < -0.3 is 15.8 Å². The Hall–Kier alpha value is -3.06. The van der Waals surface area contributed by atoms with Crippen molar-refractivity contribution < 1.29 is 14.3 Å². The number of benzene rings is 3. The minimum atomic E-state index is -1.38. The maximum absolute atomic E-state index is 13.5. The number of amides is 1. The van der Waals surface area contributed by atoms with Gasteiger partial charge >= 0.3 is 5.97 Å². The van der Waals surface area contributed by atoms with E-state index in [1.165, 1.54) is 0 Å². The Morgan fingerprint density at radius 2 is 1.63 bits per heavy atom. The number of thiol groups is 1. The predicted octanol–water partition coefficient (Wildman–Crippen LogP) is 4.97. The predicted molar refractivity (Wildman–Crippen MR) is 144 cm³/mol. The first-order valence-electron chi connectivity index (χ1n) is 11.2. The van der Waals surface area contributed by atoms with Gasteiger partial charge in [-0.25, -0.2) is 4.79 Å². The fourth-order valence-corrected chi connectivity index (χ4v) is 4.37. The smallest absolute Gasteiger partial charge is 0.331 e. The van der Waals surface area contributed by atoms with Crippen molar-refractivity contribution in [1.29, 1.82) is 0 Å². The van der Waals surface area contributed by atoms with Crippen molar-refractivity contribution in [2.24, 2.45) is 5.73 Å². The molecule has 5 nitrogen and oxygen atoms in total. The summed E-state index contributed by atoms with van der Waals surface area (Å²) in [5.41, 5.74) is 8.24. The molecule has 2 unspecified atom stereocenters. The van der Waals surface area contributed by atoms with E-state index < -0.39 is 23.5 Å². The second kappa shape index (κ2) is 12.1. The van der Waals surface area contributed by atoms with Crippen molar-refractivity contribution in [2.45, 2.75) is 25.5 Å². The summed E-state index contributed by atoms with van der Waals surface area (Å²) in [6.45, 7) is 3.76. The summed E-state index contributed by atoms with van der Waals surface area (Å²) in [4.78, 5) is 25.5. The quantitative estimate of drug-likeness (QED) is 0.216. The molecule has 3 aromatic carbocycles. The van der Waals surface area contributed by atoms with E-state index in [4.69, 9.17) is 22.1 Å². The number of nitrogens with two attached hydrogens (primary N) is 1. The Balaban J connectivity index is 2.26. The van der Waals surface area contributed by atoms with Crippen LogP contribution in [0.15, 0.2) is 84.9 Å². The number of carbonyl (C=O) groups is 2. The monoisotopic (exact) mass is 508 g/mol. The van der Waals surface area contributed by atoms with Gasteiger partial charge in [-0.15, -0.1) is 0 Å². The Morgan fingerprint density at radius 3 is 2.20 bits per heavy atom. The summed E-state index contributed by atoms with van der Waals surface area (Å²) in [5.74, 6) is -1.09. The average molecular weight is 509 g/mol. The standard InChI is InChI=1S/C28H29ClN2O3S/c1-3-19(2)20-13-15-22(16-14-20)28(21-9-5-4-6-10-21,23-11-7-8-12-24(23)29)34-27(33)25(18-35)31-26(32)17-30/h3-16,25,35H,17-18,30H2,1-2H3,(H,31,32)/b19-3+. The van der Waals surface area contributed by atoms with Crippen molar-refractivity contribution >= 4 is 41.7 Å². The topological polar surface area (TPSA) is 81.4 Å². The van der Waals surface area contributed by atoms with Crippen molar-refractivity contribution in [2.75, 3.05) is 12.3 Å². The second-order valence-corrected chi connectivity index (χ2v) is 8.78. The molecule has 3 N–H and O–H groups in total. The van der Waals surface area contributed by atoms with Gasteiger partial charge in [0.1, 0.15) is 6.04 Å². The number of carbonyl (C=O) groups excluding carboxylic acids is 2. The SMILES string of the molecule is C/C=C(\C)c1ccc(C(OC(=O)C(CS)NC(=O)CN)(c2ccccc2)c2ccccc2Cl)cc1. The molecule has 3 aromatic rings. The van der Waals surface area contributed by atoms with Crippen molar-refractivity contribution in [3.63, 3.8) is 0 Å². The Morgan fingerprint density at radius 1 is 1.03 bits per heavy atom. The van der Waals surface area contributed by atoms with E-state index in [1.807, 2.05) is 92.7 Å². The molecule has 0 aliphatic heterocycles. The summed E-state index contributed by atoms with van der Waals surface area (Å²) in [6.07, 6.45) is 2.03. The molecule has 1 amide bonds. The molecule has 0 aliphatic carbocycles. The number of ether oxygens (including phenoxy) is 1. The number of esters is 1. The third-order valence-corrected chi connectivity index (χ3v) is 6.55. The fourth-order valence-electron chi connectivity index (χ4n) is 3.86. The van der Waals surface area contributed by atoms with Crippen LogP contribution in [0.2, 0.25) is 5.02 Å². The first-order valence-corrected chi connectivity index (χ1v) is 12.3. The van der Waals surface area contributed by atoms with Crippen LogP contribution >= 0.6 is 24.2 Å². The maximum atomic E-state index is 13.5. The molecule has 0 spiro atoms. The first kappa shape index (κ1) is 26.5. The molecule has 0 bridgehead atoms. The van der Waals surface area contributed by atoms with Crippen LogP contribution in [0.5, 0.6) is 0 Å². The van der Waals surface area contributed by atoms with E-state index >= 15 is 0 Å². The normalized spacial score (nSPS) is 14.0. The molecule has 0 aromatic heterocycles. The van der Waals surface area contributed by atoms with Gasteiger partial charge in [0.25, 0.3) is 0 Å². The number of halogens is 1. The number of rotatable bonds is 9. The molecular formula is C28H29ClN2O3S. The zero-order valence-electron chi connectivity index (χ0n) is 19.7. The molecule has 35 heavy (non-hydrogen) atoms. The Labute approximate surface area is 216 Å². The van der Waals surface area contributed by atoms with E-state index in [1.54, 1.807) is 6.07 Å². The Bertz CT molecular complexity index is 1200. The molecular weight excluding hydrogens is 480 g/mol. The van der Waals surface area contributed by atoms with Crippen LogP contribution in [0.4, 0.5) is 0 Å². The molecule has 0 radical (unpaired) electrons. The van der Waals surface area contributed by atoms with E-state index in [0.717, 1.165) is 11.1 Å². The molecule has 0 aliphatic rings. The highest BCUT2D eigenvalue weighted by Gasteiger charge is 2.43. The highest BCUT2D eigenvalue weighted by molar-refractivity contribution is 7.80. The number of hydrogen-bond acceptors (Lipinski definition) is 5. The lowest BCUT2D eigenvalue weighted by atomic mass is 9.79. The van der Waals surface area contributed by atoms with Gasteiger partial charge in [0.15, 0.2) is 5.60 Å². The lowest BCUT2D eigenvalue weighted by molar-refractivity contribution is -0.156. The van der Waals surface area contributed by atoms with E-state index in [9.17, 15) is 9.59 Å². The lowest BCUT2D eigenvalue weighted by Crippen LogP contribution is -2.48. The largest absolute Gasteiger partial charge is 0.443 e. The van der Waals surface area contributed by atoms with Crippen molar-refractivity contribution in [3.05, 3.63) is 112 Å². The van der Waals surface area contributed by atoms with Crippen LogP contribution < -0.4 is 11.1 Å².